The number of nitrogens with zero attached hydrogens (tertiary/aromatic N) is 3. The van der Waals surface area contributed by atoms with E-state index in [-0.39, 0.29) is 23.0 Å². The summed E-state index contributed by atoms with van der Waals surface area (Å²) in [5, 5.41) is 4.86. The number of carbonyl (C=O) groups is 1. The molecule has 4 rings (SSSR count). The third-order valence-corrected chi connectivity index (χ3v) is 8.01. The molecule has 1 aromatic carbocycles. The van der Waals surface area contributed by atoms with Gasteiger partial charge in [0.25, 0.3) is 0 Å². The van der Waals surface area contributed by atoms with E-state index in [4.69, 9.17) is 9.84 Å². The molecule has 1 aliphatic heterocycles. The number of benzene rings is 1. The first kappa shape index (κ1) is 21.1. The third-order valence-electron chi connectivity index (χ3n) is 6.13. The van der Waals surface area contributed by atoms with Gasteiger partial charge in [0.2, 0.25) is 10.0 Å². The van der Waals surface area contributed by atoms with E-state index in [0.29, 0.717) is 37.1 Å². The van der Waals surface area contributed by atoms with Crippen molar-refractivity contribution in [3.8, 4) is 11.4 Å². The molecule has 1 fully saturated rings. The smallest absolute Gasteiger partial charge is 0.214 e. The molecule has 1 atom stereocenters. The van der Waals surface area contributed by atoms with Gasteiger partial charge in [0.05, 0.1) is 41.5 Å². The molecule has 2 aliphatic rings. The quantitative estimate of drug-likeness (QED) is 0.723. The highest BCUT2D eigenvalue weighted by Gasteiger charge is 2.43. The molecule has 1 aromatic heterocycles. The summed E-state index contributed by atoms with van der Waals surface area (Å²) in [7, 11) is -1.75. The van der Waals surface area contributed by atoms with Crippen molar-refractivity contribution in [3.63, 3.8) is 0 Å². The van der Waals surface area contributed by atoms with Crippen LogP contribution in [0.5, 0.6) is 5.75 Å². The van der Waals surface area contributed by atoms with Gasteiger partial charge in [-0.05, 0) is 55.9 Å². The Morgan fingerprint density at radius 3 is 2.53 bits per heavy atom. The summed E-state index contributed by atoms with van der Waals surface area (Å²) < 4.78 is 34.0. The molecule has 1 aliphatic carbocycles. The lowest BCUT2D eigenvalue weighted by atomic mass is 9.75. The van der Waals surface area contributed by atoms with Gasteiger partial charge >= 0.3 is 0 Å². The van der Waals surface area contributed by atoms with Crippen molar-refractivity contribution in [3.05, 3.63) is 41.2 Å². The zero-order valence-corrected chi connectivity index (χ0v) is 18.8. The second-order valence-electron chi connectivity index (χ2n) is 8.93. The Bertz CT molecular complexity index is 1070. The molecule has 7 nitrogen and oxygen atoms in total. The topological polar surface area (TPSA) is 81.5 Å². The van der Waals surface area contributed by atoms with Gasteiger partial charge in [0.15, 0.2) is 5.78 Å². The molecule has 30 heavy (non-hydrogen) atoms. The number of hydrogen-bond donors (Lipinski definition) is 0. The minimum absolute atomic E-state index is 0.0475. The summed E-state index contributed by atoms with van der Waals surface area (Å²) in [6.45, 7) is 6.30. The molecule has 0 saturated carbocycles. The minimum atomic E-state index is -3.37. The van der Waals surface area contributed by atoms with Crippen LogP contribution in [0, 0.1) is 5.41 Å². The molecular formula is C22H29N3O4S. The largest absolute Gasteiger partial charge is 0.497 e. The maximum absolute atomic E-state index is 13.2. The highest BCUT2D eigenvalue weighted by Crippen LogP contribution is 2.42. The van der Waals surface area contributed by atoms with Crippen LogP contribution < -0.4 is 4.74 Å². The number of hydrogen-bond acceptors (Lipinski definition) is 5. The summed E-state index contributed by atoms with van der Waals surface area (Å²) >= 11 is 0. The molecule has 0 amide bonds. The second-order valence-corrected chi connectivity index (χ2v) is 11.1. The van der Waals surface area contributed by atoms with Gasteiger partial charge in [0.1, 0.15) is 5.75 Å². The zero-order chi connectivity index (χ0) is 21.7. The predicted octanol–water partition coefficient (Wildman–Crippen LogP) is 3.52. The van der Waals surface area contributed by atoms with Crippen LogP contribution in [0.4, 0.5) is 0 Å². The molecule has 0 N–H and O–H groups in total. The van der Waals surface area contributed by atoms with Crippen molar-refractivity contribution in [2.24, 2.45) is 5.41 Å². The Kier molecular flexibility index (Phi) is 5.26. The predicted molar refractivity (Wildman–Crippen MR) is 115 cm³/mol. The number of carbonyl (C=O) groups excluding carboxylic acids is 1. The molecule has 0 unspecified atom stereocenters. The van der Waals surface area contributed by atoms with Gasteiger partial charge in [-0.3, -0.25) is 4.79 Å². The molecule has 162 valence electrons. The lowest BCUT2D eigenvalue weighted by molar-refractivity contribution is 0.0908. The average Bonchev–Trinajstić information content (AvgIpc) is 3.32. The van der Waals surface area contributed by atoms with Crippen LogP contribution in [0.25, 0.3) is 5.69 Å². The average molecular weight is 432 g/mol. The Morgan fingerprint density at radius 2 is 1.90 bits per heavy atom. The fourth-order valence-electron chi connectivity index (χ4n) is 4.66. The lowest BCUT2D eigenvalue weighted by Gasteiger charge is -2.30. The monoisotopic (exact) mass is 431 g/mol. The van der Waals surface area contributed by atoms with Gasteiger partial charge in [-0.15, -0.1) is 0 Å². The molecule has 0 bridgehead atoms. The van der Waals surface area contributed by atoms with Gasteiger partial charge in [-0.2, -0.15) is 9.40 Å². The summed E-state index contributed by atoms with van der Waals surface area (Å²) in [6, 6.07) is 7.17. The van der Waals surface area contributed by atoms with Gasteiger partial charge in [0, 0.05) is 13.0 Å². The van der Waals surface area contributed by atoms with E-state index >= 15 is 0 Å². The van der Waals surface area contributed by atoms with Crippen LogP contribution in [0.15, 0.2) is 24.3 Å². The summed E-state index contributed by atoms with van der Waals surface area (Å²) in [5.41, 5.74) is 2.77. The van der Waals surface area contributed by atoms with Crippen LogP contribution in [0.2, 0.25) is 0 Å². The van der Waals surface area contributed by atoms with Gasteiger partial charge in [-0.25, -0.2) is 13.1 Å². The fourth-order valence-corrected chi connectivity index (χ4v) is 5.99. The van der Waals surface area contributed by atoms with Crippen molar-refractivity contribution in [1.82, 2.24) is 14.1 Å². The van der Waals surface area contributed by atoms with Crippen molar-refractivity contribution in [2.75, 3.05) is 19.4 Å². The Labute approximate surface area is 178 Å². The summed E-state index contributed by atoms with van der Waals surface area (Å²) in [6.07, 6.45) is 2.60. The van der Waals surface area contributed by atoms with Gasteiger partial charge < -0.3 is 4.74 Å². The first-order chi connectivity index (χ1) is 14.2. The number of aromatic nitrogens is 2. The number of ketones is 1. The third kappa shape index (κ3) is 3.56. The first-order valence-corrected chi connectivity index (χ1v) is 12.1. The lowest BCUT2D eigenvalue weighted by Crippen LogP contribution is -2.33. The van der Waals surface area contributed by atoms with Crippen LogP contribution in [-0.2, 0) is 16.4 Å². The van der Waals surface area contributed by atoms with E-state index in [1.54, 1.807) is 18.3 Å². The van der Waals surface area contributed by atoms with Crippen LogP contribution >= 0.6 is 0 Å². The molecule has 0 spiro atoms. The van der Waals surface area contributed by atoms with E-state index in [9.17, 15) is 13.2 Å². The molecule has 0 radical (unpaired) electrons. The zero-order valence-electron chi connectivity index (χ0n) is 18.0. The first-order valence-electron chi connectivity index (χ1n) is 10.5. The minimum Gasteiger partial charge on any atom is -0.497 e. The second kappa shape index (κ2) is 7.50. The Balaban J connectivity index is 1.88. The molecule has 2 heterocycles. The number of rotatable bonds is 5. The van der Waals surface area contributed by atoms with E-state index < -0.39 is 10.0 Å². The summed E-state index contributed by atoms with van der Waals surface area (Å²) in [5.74, 6) is 0.843. The fraction of sp³-hybridized carbons (Fsp3) is 0.545. The molecular weight excluding hydrogens is 402 g/mol. The van der Waals surface area contributed by atoms with Crippen LogP contribution in [-0.4, -0.2) is 47.7 Å². The van der Waals surface area contributed by atoms with Crippen molar-refractivity contribution >= 4 is 15.8 Å². The van der Waals surface area contributed by atoms with Crippen molar-refractivity contribution < 1.29 is 17.9 Å². The molecule has 1 saturated heterocycles. The van der Waals surface area contributed by atoms with E-state index in [2.05, 4.69) is 13.8 Å². The van der Waals surface area contributed by atoms with Crippen molar-refractivity contribution in [2.45, 2.75) is 52.5 Å². The number of sulfonamides is 1. The molecule has 8 heteroatoms. The number of ether oxygens (including phenoxy) is 1. The summed E-state index contributed by atoms with van der Waals surface area (Å²) in [4.78, 5) is 13.2. The normalized spacial score (nSPS) is 21.6. The number of Topliss-reactive ketones (excluding diaryl/α,β-unsaturated/α-hetero) is 1. The maximum atomic E-state index is 13.2. The molecule has 2 aromatic rings. The Hall–Kier alpha value is -2.19. The van der Waals surface area contributed by atoms with Crippen LogP contribution in [0.3, 0.4) is 0 Å². The Morgan fingerprint density at radius 1 is 1.20 bits per heavy atom. The maximum Gasteiger partial charge on any atom is 0.214 e. The highest BCUT2D eigenvalue weighted by atomic mass is 32.2. The van der Waals surface area contributed by atoms with Gasteiger partial charge in [-0.1, -0.05) is 13.8 Å². The number of methoxy groups -OCH3 is 1. The van der Waals surface area contributed by atoms with E-state index in [0.717, 1.165) is 23.6 Å². The SMILES string of the molecule is CCS(=O)(=O)N1CCC[C@H]1c1nn(-c2ccc(OC)cc2)c2c1C(=O)CC(C)(C)C2. The number of fused-ring (bicyclic) bond motifs is 1. The van der Waals surface area contributed by atoms with E-state index in [1.807, 2.05) is 28.9 Å². The van der Waals surface area contributed by atoms with Crippen LogP contribution in [0.1, 0.15) is 67.8 Å². The van der Waals surface area contributed by atoms with Crippen molar-refractivity contribution in [1.29, 1.82) is 0 Å². The highest BCUT2D eigenvalue weighted by molar-refractivity contribution is 7.89. The van der Waals surface area contributed by atoms with E-state index in [1.165, 1.54) is 0 Å². The standard InChI is InChI=1S/C22H29N3O4S/c1-5-30(27,28)24-12-6-7-17(24)21-20-18(13-22(2,3)14-19(20)26)25(23-21)15-8-10-16(29-4)11-9-15/h8-11,17H,5-7,12-14H2,1-4H3/t17-/m0/s1.